The van der Waals surface area contributed by atoms with E-state index in [1.54, 1.807) is 19.3 Å². The summed E-state index contributed by atoms with van der Waals surface area (Å²) in [7, 11) is 0. The van der Waals surface area contributed by atoms with Crippen molar-refractivity contribution in [3.05, 3.63) is 60.0 Å². The molecule has 1 aliphatic heterocycles. The Hall–Kier alpha value is -2.96. The molecule has 1 amide bonds. The molecular formula is C18H19N5O2. The predicted octanol–water partition coefficient (Wildman–Crippen LogP) is 2.93. The Kier molecular flexibility index (Phi) is 4.05. The van der Waals surface area contributed by atoms with Gasteiger partial charge in [-0.2, -0.15) is 0 Å². The summed E-state index contributed by atoms with van der Waals surface area (Å²) in [6.45, 7) is 2.46. The van der Waals surface area contributed by atoms with Gasteiger partial charge in [0.15, 0.2) is 11.5 Å². The molecule has 4 rings (SSSR count). The third kappa shape index (κ3) is 2.93. The van der Waals surface area contributed by atoms with Gasteiger partial charge in [-0.25, -0.2) is 0 Å². The highest BCUT2D eigenvalue weighted by atomic mass is 16.5. The highest BCUT2D eigenvalue weighted by Crippen LogP contribution is 2.32. The van der Waals surface area contributed by atoms with Crippen molar-refractivity contribution in [1.29, 1.82) is 0 Å². The van der Waals surface area contributed by atoms with Gasteiger partial charge in [-0.3, -0.25) is 9.36 Å². The quantitative estimate of drug-likeness (QED) is 0.734. The molecule has 1 fully saturated rings. The minimum absolute atomic E-state index is 0.121. The Morgan fingerprint density at radius 1 is 1.24 bits per heavy atom. The van der Waals surface area contributed by atoms with Crippen LogP contribution >= 0.6 is 0 Å². The number of benzene rings is 1. The van der Waals surface area contributed by atoms with Crippen LogP contribution in [0.2, 0.25) is 0 Å². The molecule has 3 heterocycles. The average molecular weight is 337 g/mol. The highest BCUT2D eigenvalue weighted by Gasteiger charge is 2.33. The van der Waals surface area contributed by atoms with Crippen molar-refractivity contribution in [2.45, 2.75) is 32.2 Å². The molecule has 0 spiro atoms. The maximum absolute atomic E-state index is 12.9. The number of likely N-dealkylation sites (tertiary alicyclic amines) is 1. The first-order chi connectivity index (χ1) is 12.2. The number of para-hydroxylation sites is 1. The molecule has 1 unspecified atom stereocenters. The molecular weight excluding hydrogens is 318 g/mol. The first-order valence-corrected chi connectivity index (χ1v) is 8.43. The van der Waals surface area contributed by atoms with Crippen LogP contribution in [0.25, 0.3) is 5.69 Å². The zero-order valence-corrected chi connectivity index (χ0v) is 14.0. The number of nitrogens with zero attached hydrogens (tertiary/aromatic N) is 5. The minimum Gasteiger partial charge on any atom is -0.361 e. The Morgan fingerprint density at radius 3 is 2.84 bits per heavy atom. The zero-order valence-electron chi connectivity index (χ0n) is 14.0. The zero-order chi connectivity index (χ0) is 17.2. The van der Waals surface area contributed by atoms with Crippen LogP contribution in [0, 0.1) is 6.92 Å². The van der Waals surface area contributed by atoms with Crippen LogP contribution in [0.5, 0.6) is 0 Å². The van der Waals surface area contributed by atoms with E-state index in [9.17, 15) is 4.79 Å². The summed E-state index contributed by atoms with van der Waals surface area (Å²) in [5, 5.41) is 12.3. The molecule has 0 radical (unpaired) electrons. The molecule has 1 aliphatic rings. The van der Waals surface area contributed by atoms with E-state index >= 15 is 0 Å². The van der Waals surface area contributed by atoms with Crippen molar-refractivity contribution in [2.24, 2.45) is 0 Å². The first-order valence-electron chi connectivity index (χ1n) is 8.43. The number of hydrogen-bond acceptors (Lipinski definition) is 5. The van der Waals surface area contributed by atoms with Crippen LogP contribution in [0.15, 0.2) is 47.2 Å². The molecule has 0 aliphatic carbocycles. The van der Waals surface area contributed by atoms with Gasteiger partial charge < -0.3 is 9.42 Å². The van der Waals surface area contributed by atoms with Crippen molar-refractivity contribution in [3.63, 3.8) is 0 Å². The van der Waals surface area contributed by atoms with E-state index < -0.39 is 0 Å². The number of rotatable bonds is 3. The van der Waals surface area contributed by atoms with Crippen molar-refractivity contribution in [2.75, 3.05) is 6.54 Å². The Morgan fingerprint density at radius 2 is 2.08 bits per heavy atom. The second-order valence-electron chi connectivity index (χ2n) is 6.23. The largest absolute Gasteiger partial charge is 0.361 e. The van der Waals surface area contributed by atoms with E-state index in [0.717, 1.165) is 30.8 Å². The summed E-state index contributed by atoms with van der Waals surface area (Å²) in [5.74, 6) is 1.29. The van der Waals surface area contributed by atoms with Crippen LogP contribution in [0.4, 0.5) is 0 Å². The van der Waals surface area contributed by atoms with Crippen molar-refractivity contribution >= 4 is 5.91 Å². The molecule has 1 saturated heterocycles. The van der Waals surface area contributed by atoms with Gasteiger partial charge in [0.2, 0.25) is 0 Å². The molecule has 1 aromatic carbocycles. The van der Waals surface area contributed by atoms with Crippen LogP contribution in [-0.2, 0) is 0 Å². The average Bonchev–Trinajstić information content (AvgIpc) is 3.31. The fourth-order valence-corrected chi connectivity index (χ4v) is 3.32. The maximum Gasteiger partial charge on any atom is 0.276 e. The fourth-order valence-electron chi connectivity index (χ4n) is 3.32. The van der Waals surface area contributed by atoms with Crippen molar-refractivity contribution in [3.8, 4) is 5.69 Å². The van der Waals surface area contributed by atoms with E-state index in [4.69, 9.17) is 4.52 Å². The molecule has 0 N–H and O–H groups in total. The van der Waals surface area contributed by atoms with Gasteiger partial charge in [-0.05, 0) is 38.3 Å². The summed E-state index contributed by atoms with van der Waals surface area (Å²) in [6.07, 6.45) is 4.57. The standard InChI is InChI=1S/C18H19N5O2/c1-13-11-15(21-25-13)18(24)22-10-6-5-9-16(22)17-20-19-12-23(17)14-7-3-2-4-8-14/h2-4,7-8,11-12,16H,5-6,9-10H2,1H3. The minimum atomic E-state index is -0.124. The number of carbonyl (C=O) groups excluding carboxylic acids is 1. The molecule has 0 saturated carbocycles. The summed E-state index contributed by atoms with van der Waals surface area (Å²) in [6, 6.07) is 11.5. The molecule has 25 heavy (non-hydrogen) atoms. The first kappa shape index (κ1) is 15.6. The normalized spacial score (nSPS) is 17.6. The molecule has 1 atom stereocenters. The third-order valence-electron chi connectivity index (χ3n) is 4.52. The maximum atomic E-state index is 12.9. The number of amides is 1. The van der Waals surface area contributed by atoms with Gasteiger partial charge in [-0.15, -0.1) is 10.2 Å². The number of aryl methyl sites for hydroxylation is 1. The number of carbonyl (C=O) groups is 1. The third-order valence-corrected chi connectivity index (χ3v) is 4.52. The lowest BCUT2D eigenvalue weighted by atomic mass is 10.0. The van der Waals surface area contributed by atoms with E-state index in [1.165, 1.54) is 0 Å². The summed E-state index contributed by atoms with van der Waals surface area (Å²) < 4.78 is 7.01. The number of hydrogen-bond donors (Lipinski definition) is 0. The molecule has 7 nitrogen and oxygen atoms in total. The second kappa shape index (κ2) is 6.51. The fraction of sp³-hybridized carbons (Fsp3) is 0.333. The van der Waals surface area contributed by atoms with Gasteiger partial charge in [0, 0.05) is 18.3 Å². The monoisotopic (exact) mass is 337 g/mol. The Labute approximate surface area is 145 Å². The summed E-state index contributed by atoms with van der Waals surface area (Å²) >= 11 is 0. The molecule has 0 bridgehead atoms. The summed E-state index contributed by atoms with van der Waals surface area (Å²) in [5.41, 5.74) is 1.33. The highest BCUT2D eigenvalue weighted by molar-refractivity contribution is 5.92. The lowest BCUT2D eigenvalue weighted by Crippen LogP contribution is -2.39. The van der Waals surface area contributed by atoms with E-state index in [-0.39, 0.29) is 11.9 Å². The van der Waals surface area contributed by atoms with E-state index in [1.807, 2.05) is 39.8 Å². The number of piperidine rings is 1. The van der Waals surface area contributed by atoms with Gasteiger partial charge in [-0.1, -0.05) is 23.4 Å². The van der Waals surface area contributed by atoms with Crippen molar-refractivity contribution < 1.29 is 9.32 Å². The molecule has 7 heteroatoms. The van der Waals surface area contributed by atoms with Gasteiger partial charge in [0.25, 0.3) is 5.91 Å². The van der Waals surface area contributed by atoms with Crippen LogP contribution in [0.1, 0.15) is 47.4 Å². The van der Waals surface area contributed by atoms with Crippen molar-refractivity contribution in [1.82, 2.24) is 24.8 Å². The lowest BCUT2D eigenvalue weighted by molar-refractivity contribution is 0.0587. The summed E-state index contributed by atoms with van der Waals surface area (Å²) in [4.78, 5) is 14.8. The van der Waals surface area contributed by atoms with E-state index in [0.29, 0.717) is 18.0 Å². The predicted molar refractivity (Wildman–Crippen MR) is 90.2 cm³/mol. The number of aromatic nitrogens is 4. The van der Waals surface area contributed by atoms with Gasteiger partial charge >= 0.3 is 0 Å². The molecule has 2 aromatic heterocycles. The van der Waals surface area contributed by atoms with Gasteiger partial charge in [0.1, 0.15) is 12.1 Å². The van der Waals surface area contributed by atoms with Crippen LogP contribution < -0.4 is 0 Å². The lowest BCUT2D eigenvalue weighted by Gasteiger charge is -2.34. The molecule has 128 valence electrons. The van der Waals surface area contributed by atoms with Crippen LogP contribution in [-0.4, -0.2) is 37.3 Å². The smallest absolute Gasteiger partial charge is 0.276 e. The van der Waals surface area contributed by atoms with Gasteiger partial charge in [0.05, 0.1) is 6.04 Å². The Balaban J connectivity index is 1.69. The topological polar surface area (TPSA) is 77.1 Å². The van der Waals surface area contributed by atoms with Crippen LogP contribution in [0.3, 0.4) is 0 Å². The Bertz CT molecular complexity index is 870. The second-order valence-corrected chi connectivity index (χ2v) is 6.23. The van der Waals surface area contributed by atoms with E-state index in [2.05, 4.69) is 15.4 Å². The SMILES string of the molecule is Cc1cc(C(=O)N2CCCCC2c2nncn2-c2ccccc2)no1. The molecule has 3 aromatic rings.